The molecular formula is C10H21N7O4. The Hall–Kier alpha value is -1.58. The molecule has 0 aromatic rings. The van der Waals surface area contributed by atoms with Crippen molar-refractivity contribution in [3.05, 3.63) is 20.9 Å². The van der Waals surface area contributed by atoms with Gasteiger partial charge in [0, 0.05) is 29.3 Å². The van der Waals surface area contributed by atoms with Crippen LogP contribution in [0.3, 0.4) is 0 Å². The predicted octanol–water partition coefficient (Wildman–Crippen LogP) is -0.232. The van der Waals surface area contributed by atoms with Gasteiger partial charge >= 0.3 is 0 Å². The first-order valence-corrected chi connectivity index (χ1v) is 6.47. The molecule has 0 saturated carbocycles. The van der Waals surface area contributed by atoms with Gasteiger partial charge in [-0.15, -0.1) is 0 Å². The van der Waals surface area contributed by atoms with Gasteiger partial charge in [-0.3, -0.25) is 0 Å². The summed E-state index contributed by atoms with van der Waals surface area (Å²) in [5, 5.41) is 46.7. The standard InChI is InChI=1S/C10H21N7O4/c11-16-14-6-9(20)3-8(19)5-13-4-7(18)1-2-10(21)15-17-12/h7-10,13,18-21H,1-6H2. The van der Waals surface area contributed by atoms with Crippen molar-refractivity contribution in [3.63, 3.8) is 0 Å². The van der Waals surface area contributed by atoms with E-state index in [1.54, 1.807) is 0 Å². The van der Waals surface area contributed by atoms with Crippen LogP contribution < -0.4 is 5.32 Å². The zero-order valence-corrected chi connectivity index (χ0v) is 11.5. The molecule has 0 spiro atoms. The van der Waals surface area contributed by atoms with Crippen molar-refractivity contribution in [1.29, 1.82) is 0 Å². The number of aliphatic hydroxyl groups is 4. The van der Waals surface area contributed by atoms with E-state index < -0.39 is 24.5 Å². The van der Waals surface area contributed by atoms with Crippen LogP contribution in [0.15, 0.2) is 10.2 Å². The summed E-state index contributed by atoms with van der Waals surface area (Å²) in [6.07, 6.45) is -3.24. The van der Waals surface area contributed by atoms with E-state index in [1.165, 1.54) is 0 Å². The van der Waals surface area contributed by atoms with E-state index in [0.717, 1.165) is 0 Å². The number of hydrogen-bond donors (Lipinski definition) is 5. The summed E-state index contributed by atoms with van der Waals surface area (Å²) in [7, 11) is 0. The average molecular weight is 303 g/mol. The fraction of sp³-hybridized carbons (Fsp3) is 1.00. The molecule has 0 rings (SSSR count). The first-order chi connectivity index (χ1) is 9.99. The lowest BCUT2D eigenvalue weighted by atomic mass is 10.1. The normalized spacial score (nSPS) is 16.2. The third kappa shape index (κ3) is 11.9. The maximum atomic E-state index is 9.59. The van der Waals surface area contributed by atoms with Crippen LogP contribution in [-0.4, -0.2) is 64.6 Å². The molecule has 0 aliphatic heterocycles. The molecule has 0 aliphatic rings. The first kappa shape index (κ1) is 19.4. The van der Waals surface area contributed by atoms with E-state index in [2.05, 4.69) is 25.4 Å². The molecule has 0 aliphatic carbocycles. The molecule has 0 bridgehead atoms. The zero-order chi connectivity index (χ0) is 16.1. The second-order valence-corrected chi connectivity index (χ2v) is 4.53. The number of rotatable bonds is 12. The maximum Gasteiger partial charge on any atom is 0.133 e. The van der Waals surface area contributed by atoms with Crippen LogP contribution in [0.4, 0.5) is 0 Å². The van der Waals surface area contributed by atoms with Crippen LogP contribution in [0.25, 0.3) is 20.9 Å². The van der Waals surface area contributed by atoms with Crippen molar-refractivity contribution in [1.82, 2.24) is 5.32 Å². The summed E-state index contributed by atoms with van der Waals surface area (Å²) in [4.78, 5) is 4.94. The van der Waals surface area contributed by atoms with Gasteiger partial charge in [0.1, 0.15) is 6.23 Å². The lowest BCUT2D eigenvalue weighted by Crippen LogP contribution is -2.35. The molecule has 21 heavy (non-hydrogen) atoms. The molecule has 0 fully saturated rings. The summed E-state index contributed by atoms with van der Waals surface area (Å²) >= 11 is 0. The topological polar surface area (TPSA) is 190 Å². The molecule has 4 unspecified atom stereocenters. The fourth-order valence-electron chi connectivity index (χ4n) is 1.58. The minimum absolute atomic E-state index is 0.0533. The molecular weight excluding hydrogens is 282 g/mol. The monoisotopic (exact) mass is 303 g/mol. The minimum Gasteiger partial charge on any atom is -0.393 e. The highest BCUT2D eigenvalue weighted by atomic mass is 16.3. The van der Waals surface area contributed by atoms with E-state index in [0.29, 0.717) is 0 Å². The maximum absolute atomic E-state index is 9.59. The van der Waals surface area contributed by atoms with Gasteiger partial charge in [-0.1, -0.05) is 10.2 Å². The van der Waals surface area contributed by atoms with E-state index in [4.69, 9.17) is 16.2 Å². The van der Waals surface area contributed by atoms with Crippen molar-refractivity contribution in [3.8, 4) is 0 Å². The van der Waals surface area contributed by atoms with Gasteiger partial charge in [-0.25, -0.2) is 0 Å². The molecule has 0 heterocycles. The molecule has 4 atom stereocenters. The Labute approximate surface area is 121 Å². The lowest BCUT2D eigenvalue weighted by molar-refractivity contribution is 0.0786. The molecule has 0 radical (unpaired) electrons. The van der Waals surface area contributed by atoms with Crippen molar-refractivity contribution in [2.45, 2.75) is 43.8 Å². The van der Waals surface area contributed by atoms with Gasteiger partial charge in [0.05, 0.1) is 24.9 Å². The molecule has 0 amide bonds. The van der Waals surface area contributed by atoms with Crippen LogP contribution >= 0.6 is 0 Å². The number of nitrogens with one attached hydrogen (secondary N) is 1. The van der Waals surface area contributed by atoms with Gasteiger partial charge in [0.25, 0.3) is 0 Å². The Bertz CT molecular complexity index is 370. The summed E-state index contributed by atoms with van der Waals surface area (Å²) in [5.41, 5.74) is 16.2. The summed E-state index contributed by atoms with van der Waals surface area (Å²) in [5.74, 6) is 0. The largest absolute Gasteiger partial charge is 0.393 e. The van der Waals surface area contributed by atoms with Crippen LogP contribution in [0.2, 0.25) is 0 Å². The van der Waals surface area contributed by atoms with E-state index in [9.17, 15) is 15.3 Å². The molecule has 0 aromatic heterocycles. The van der Waals surface area contributed by atoms with E-state index >= 15 is 0 Å². The Morgan fingerprint density at radius 3 is 2.19 bits per heavy atom. The van der Waals surface area contributed by atoms with Gasteiger partial charge in [-0.2, -0.15) is 0 Å². The second kappa shape index (κ2) is 12.2. The van der Waals surface area contributed by atoms with Gasteiger partial charge in [0.15, 0.2) is 0 Å². The van der Waals surface area contributed by atoms with E-state index in [1.807, 2.05) is 0 Å². The van der Waals surface area contributed by atoms with Crippen LogP contribution in [-0.2, 0) is 0 Å². The van der Waals surface area contributed by atoms with Crippen LogP contribution in [0, 0.1) is 0 Å². The molecule has 120 valence electrons. The summed E-state index contributed by atoms with van der Waals surface area (Å²) in [6.45, 7) is 0.239. The fourth-order valence-corrected chi connectivity index (χ4v) is 1.58. The van der Waals surface area contributed by atoms with Crippen LogP contribution in [0.5, 0.6) is 0 Å². The van der Waals surface area contributed by atoms with Crippen molar-refractivity contribution >= 4 is 0 Å². The van der Waals surface area contributed by atoms with Gasteiger partial charge in [0.2, 0.25) is 0 Å². The Kier molecular flexibility index (Phi) is 11.3. The number of aliphatic hydroxyl groups excluding tert-OH is 4. The van der Waals surface area contributed by atoms with Crippen molar-refractivity contribution < 1.29 is 20.4 Å². The molecule has 0 aromatic carbocycles. The third-order valence-electron chi connectivity index (χ3n) is 2.60. The zero-order valence-electron chi connectivity index (χ0n) is 11.5. The Morgan fingerprint density at radius 1 is 0.905 bits per heavy atom. The highest BCUT2D eigenvalue weighted by Gasteiger charge is 2.12. The van der Waals surface area contributed by atoms with Crippen LogP contribution in [0.1, 0.15) is 19.3 Å². The Morgan fingerprint density at radius 2 is 1.57 bits per heavy atom. The third-order valence-corrected chi connectivity index (χ3v) is 2.60. The molecule has 11 nitrogen and oxygen atoms in total. The quantitative estimate of drug-likeness (QED) is 0.188. The molecule has 0 saturated heterocycles. The highest BCUT2D eigenvalue weighted by molar-refractivity contribution is 4.70. The Balaban J connectivity index is 3.72. The smallest absolute Gasteiger partial charge is 0.133 e. The minimum atomic E-state index is -1.16. The second-order valence-electron chi connectivity index (χ2n) is 4.53. The van der Waals surface area contributed by atoms with Gasteiger partial charge in [-0.05, 0) is 23.9 Å². The van der Waals surface area contributed by atoms with Crippen molar-refractivity contribution in [2.24, 2.45) is 10.2 Å². The molecule has 11 heteroatoms. The lowest BCUT2D eigenvalue weighted by Gasteiger charge is -2.17. The average Bonchev–Trinajstić information content (AvgIpc) is 2.43. The van der Waals surface area contributed by atoms with Crippen molar-refractivity contribution in [2.75, 3.05) is 19.6 Å². The predicted molar refractivity (Wildman–Crippen MR) is 73.9 cm³/mol. The first-order valence-electron chi connectivity index (χ1n) is 6.47. The summed E-state index contributed by atoms with van der Waals surface area (Å²) < 4.78 is 0. The van der Waals surface area contributed by atoms with Gasteiger partial charge < -0.3 is 25.7 Å². The number of nitrogens with zero attached hydrogens (tertiary/aromatic N) is 6. The highest BCUT2D eigenvalue weighted by Crippen LogP contribution is 2.03. The van der Waals surface area contributed by atoms with E-state index in [-0.39, 0.29) is 38.9 Å². The number of azide groups is 2. The summed E-state index contributed by atoms with van der Waals surface area (Å²) in [6, 6.07) is 0. The molecule has 5 N–H and O–H groups in total. The number of hydrogen-bond acceptors (Lipinski definition) is 7. The SMILES string of the molecule is [N-]=[N+]=NCC(O)CC(O)CNCC(O)CCC(O)N=[N+]=[N-].